The zero-order chi connectivity index (χ0) is 13.0. The normalized spacial score (nSPS) is 19.2. The number of rotatable bonds is 4. The molecule has 1 amide bonds. The number of aryl methyl sites for hydroxylation is 1. The average molecular weight is 248 g/mol. The summed E-state index contributed by atoms with van der Waals surface area (Å²) >= 11 is 0. The number of hydrogen-bond acceptors (Lipinski definition) is 3. The average Bonchev–Trinajstić information content (AvgIpc) is 2.86. The molecule has 0 bridgehead atoms. The van der Waals surface area contributed by atoms with Crippen LogP contribution in [0.25, 0.3) is 0 Å². The van der Waals surface area contributed by atoms with Crippen LogP contribution in [-0.2, 0) is 11.2 Å². The molecule has 0 aliphatic carbocycles. The van der Waals surface area contributed by atoms with Gasteiger partial charge in [0.1, 0.15) is 0 Å². The zero-order valence-electron chi connectivity index (χ0n) is 10.5. The number of likely N-dealkylation sites (tertiary alicyclic amines) is 1. The van der Waals surface area contributed by atoms with Gasteiger partial charge in [-0.3, -0.25) is 4.79 Å². The SMILES string of the molecule is Nc1ccc(CCC(=O)N2CCC[C@H]2CO)cc1. The standard InChI is InChI=1S/C14H20N2O2/c15-12-6-3-11(4-7-12)5-8-14(18)16-9-1-2-13(16)10-17/h3-4,6-7,13,17H,1-2,5,8-10,15H2/t13-/m0/s1. The number of aliphatic hydroxyl groups is 1. The number of carbonyl (C=O) groups excluding carboxylic acids is 1. The number of benzene rings is 1. The number of nitrogen functional groups attached to an aromatic ring is 1. The second-order valence-corrected chi connectivity index (χ2v) is 4.81. The highest BCUT2D eigenvalue weighted by Gasteiger charge is 2.27. The predicted octanol–water partition coefficient (Wildman–Crippen LogP) is 1.18. The summed E-state index contributed by atoms with van der Waals surface area (Å²) in [6.45, 7) is 0.861. The van der Waals surface area contributed by atoms with Crippen LogP contribution in [0.15, 0.2) is 24.3 Å². The highest BCUT2D eigenvalue weighted by molar-refractivity contribution is 5.77. The molecular formula is C14H20N2O2. The topological polar surface area (TPSA) is 66.6 Å². The molecular weight excluding hydrogens is 228 g/mol. The van der Waals surface area contributed by atoms with E-state index in [2.05, 4.69) is 0 Å². The van der Waals surface area contributed by atoms with Crippen LogP contribution in [0.5, 0.6) is 0 Å². The Labute approximate surface area is 107 Å². The molecule has 98 valence electrons. The first kappa shape index (κ1) is 12.9. The first-order valence-corrected chi connectivity index (χ1v) is 6.45. The maximum atomic E-state index is 12.0. The third kappa shape index (κ3) is 3.01. The van der Waals surface area contributed by atoms with E-state index in [-0.39, 0.29) is 18.6 Å². The maximum Gasteiger partial charge on any atom is 0.223 e. The van der Waals surface area contributed by atoms with E-state index in [1.54, 1.807) is 0 Å². The van der Waals surface area contributed by atoms with Gasteiger partial charge in [-0.2, -0.15) is 0 Å². The first-order valence-electron chi connectivity index (χ1n) is 6.45. The number of aliphatic hydroxyl groups excluding tert-OH is 1. The van der Waals surface area contributed by atoms with Gasteiger partial charge in [0.15, 0.2) is 0 Å². The molecule has 1 saturated heterocycles. The van der Waals surface area contributed by atoms with Crippen LogP contribution >= 0.6 is 0 Å². The van der Waals surface area contributed by atoms with Crippen molar-refractivity contribution in [2.45, 2.75) is 31.7 Å². The van der Waals surface area contributed by atoms with Crippen molar-refractivity contribution >= 4 is 11.6 Å². The quantitative estimate of drug-likeness (QED) is 0.786. The Morgan fingerprint density at radius 1 is 1.39 bits per heavy atom. The van der Waals surface area contributed by atoms with Crippen molar-refractivity contribution in [3.8, 4) is 0 Å². The molecule has 1 aliphatic rings. The highest BCUT2D eigenvalue weighted by Crippen LogP contribution is 2.18. The number of carbonyl (C=O) groups is 1. The molecule has 1 aromatic rings. The van der Waals surface area contributed by atoms with Gasteiger partial charge in [0, 0.05) is 18.7 Å². The fourth-order valence-corrected chi connectivity index (χ4v) is 2.43. The van der Waals surface area contributed by atoms with Crippen molar-refractivity contribution in [2.75, 3.05) is 18.9 Å². The molecule has 1 heterocycles. The van der Waals surface area contributed by atoms with Gasteiger partial charge < -0.3 is 15.7 Å². The molecule has 2 rings (SSSR count). The van der Waals surface area contributed by atoms with E-state index >= 15 is 0 Å². The minimum atomic E-state index is 0.0314. The smallest absolute Gasteiger partial charge is 0.223 e. The zero-order valence-corrected chi connectivity index (χ0v) is 10.5. The molecule has 1 atom stereocenters. The minimum absolute atomic E-state index is 0.0314. The Hall–Kier alpha value is -1.55. The summed E-state index contributed by atoms with van der Waals surface area (Å²) in [5.41, 5.74) is 7.48. The van der Waals surface area contributed by atoms with Gasteiger partial charge in [-0.05, 0) is 37.0 Å². The van der Waals surface area contributed by atoms with E-state index in [0.717, 1.165) is 37.1 Å². The van der Waals surface area contributed by atoms with Crippen LogP contribution in [-0.4, -0.2) is 35.1 Å². The van der Waals surface area contributed by atoms with Gasteiger partial charge in [0.2, 0.25) is 5.91 Å². The van der Waals surface area contributed by atoms with Gasteiger partial charge in [-0.25, -0.2) is 0 Å². The van der Waals surface area contributed by atoms with Crippen LogP contribution in [0.4, 0.5) is 5.69 Å². The van der Waals surface area contributed by atoms with Crippen molar-refractivity contribution < 1.29 is 9.90 Å². The third-order valence-electron chi connectivity index (χ3n) is 3.52. The molecule has 4 heteroatoms. The maximum absolute atomic E-state index is 12.0. The molecule has 0 radical (unpaired) electrons. The van der Waals surface area contributed by atoms with E-state index in [9.17, 15) is 9.90 Å². The van der Waals surface area contributed by atoms with Gasteiger partial charge >= 0.3 is 0 Å². The van der Waals surface area contributed by atoms with Gasteiger partial charge in [-0.1, -0.05) is 12.1 Å². The van der Waals surface area contributed by atoms with E-state index in [0.29, 0.717) is 6.42 Å². The van der Waals surface area contributed by atoms with Crippen molar-refractivity contribution in [1.29, 1.82) is 0 Å². The summed E-state index contributed by atoms with van der Waals surface area (Å²) in [6, 6.07) is 7.65. The summed E-state index contributed by atoms with van der Waals surface area (Å²) < 4.78 is 0. The second kappa shape index (κ2) is 5.87. The largest absolute Gasteiger partial charge is 0.399 e. The third-order valence-corrected chi connectivity index (χ3v) is 3.52. The summed E-state index contributed by atoms with van der Waals surface area (Å²) in [5, 5.41) is 9.19. The summed E-state index contributed by atoms with van der Waals surface area (Å²) in [5.74, 6) is 0.142. The van der Waals surface area contributed by atoms with Crippen molar-refractivity contribution in [3.05, 3.63) is 29.8 Å². The Morgan fingerprint density at radius 3 is 2.78 bits per heavy atom. The van der Waals surface area contributed by atoms with E-state index in [1.165, 1.54) is 0 Å². The van der Waals surface area contributed by atoms with Crippen LogP contribution in [0, 0.1) is 0 Å². The molecule has 0 spiro atoms. The van der Waals surface area contributed by atoms with Gasteiger partial charge in [-0.15, -0.1) is 0 Å². The molecule has 18 heavy (non-hydrogen) atoms. The first-order chi connectivity index (χ1) is 8.70. The minimum Gasteiger partial charge on any atom is -0.399 e. The molecule has 0 saturated carbocycles. The van der Waals surface area contributed by atoms with Crippen LogP contribution in [0.2, 0.25) is 0 Å². The Morgan fingerprint density at radius 2 is 2.11 bits per heavy atom. The molecule has 0 aromatic heterocycles. The van der Waals surface area contributed by atoms with E-state index < -0.39 is 0 Å². The number of nitrogens with zero attached hydrogens (tertiary/aromatic N) is 1. The fraction of sp³-hybridized carbons (Fsp3) is 0.500. The molecule has 0 unspecified atom stereocenters. The summed E-state index contributed by atoms with van der Waals surface area (Å²) in [6.07, 6.45) is 3.15. The molecule has 1 aromatic carbocycles. The summed E-state index contributed by atoms with van der Waals surface area (Å²) in [4.78, 5) is 13.9. The molecule has 3 N–H and O–H groups in total. The van der Waals surface area contributed by atoms with Crippen LogP contribution < -0.4 is 5.73 Å². The van der Waals surface area contributed by atoms with E-state index in [1.807, 2.05) is 29.2 Å². The molecule has 1 aliphatic heterocycles. The lowest BCUT2D eigenvalue weighted by molar-refractivity contribution is -0.132. The summed E-state index contributed by atoms with van der Waals surface area (Å²) in [7, 11) is 0. The van der Waals surface area contributed by atoms with Gasteiger partial charge in [0.25, 0.3) is 0 Å². The monoisotopic (exact) mass is 248 g/mol. The fourth-order valence-electron chi connectivity index (χ4n) is 2.43. The molecule has 1 fully saturated rings. The number of anilines is 1. The molecule has 4 nitrogen and oxygen atoms in total. The second-order valence-electron chi connectivity index (χ2n) is 4.81. The van der Waals surface area contributed by atoms with E-state index in [4.69, 9.17) is 5.73 Å². The Kier molecular flexibility index (Phi) is 4.20. The van der Waals surface area contributed by atoms with Crippen molar-refractivity contribution in [1.82, 2.24) is 4.90 Å². The lowest BCUT2D eigenvalue weighted by Crippen LogP contribution is -2.37. The number of nitrogens with two attached hydrogens (primary N) is 1. The Bertz CT molecular complexity index is 403. The lowest BCUT2D eigenvalue weighted by atomic mass is 10.1. The highest BCUT2D eigenvalue weighted by atomic mass is 16.3. The van der Waals surface area contributed by atoms with Crippen LogP contribution in [0.1, 0.15) is 24.8 Å². The predicted molar refractivity (Wildman–Crippen MR) is 71.0 cm³/mol. The van der Waals surface area contributed by atoms with Crippen molar-refractivity contribution in [3.63, 3.8) is 0 Å². The Balaban J connectivity index is 1.86. The lowest BCUT2D eigenvalue weighted by Gasteiger charge is -2.23. The van der Waals surface area contributed by atoms with Crippen LogP contribution in [0.3, 0.4) is 0 Å². The number of hydrogen-bond donors (Lipinski definition) is 2. The number of amides is 1. The van der Waals surface area contributed by atoms with Gasteiger partial charge in [0.05, 0.1) is 12.6 Å². The van der Waals surface area contributed by atoms with Crippen molar-refractivity contribution in [2.24, 2.45) is 0 Å².